The van der Waals surface area contributed by atoms with Gasteiger partial charge in [0.25, 0.3) is 0 Å². The minimum atomic E-state index is -2.79. The van der Waals surface area contributed by atoms with Crippen LogP contribution in [0.25, 0.3) is 0 Å². The highest BCUT2D eigenvalue weighted by atomic mass is 32.1. The predicted molar refractivity (Wildman–Crippen MR) is 120 cm³/mol. The summed E-state index contributed by atoms with van der Waals surface area (Å²) < 4.78 is 27.9. The summed E-state index contributed by atoms with van der Waals surface area (Å²) in [5.74, 6) is 1.15. The minimum Gasteiger partial charge on any atom is -0.384 e. The Morgan fingerprint density at radius 3 is 2.56 bits per heavy atom. The molecule has 0 spiro atoms. The molecule has 1 aliphatic rings. The number of nitrogens with one attached hydrogen (secondary N) is 1. The Labute approximate surface area is 189 Å². The molecule has 1 aromatic heterocycles. The predicted octanol–water partition coefficient (Wildman–Crippen LogP) is 2.95. The molecule has 1 aromatic carbocycles. The van der Waals surface area contributed by atoms with Crippen molar-refractivity contribution in [3.63, 3.8) is 0 Å². The zero-order chi connectivity index (χ0) is 23.7. The molecule has 0 aliphatic heterocycles. The molecule has 3 rings (SSSR count). The van der Waals surface area contributed by atoms with E-state index in [9.17, 15) is 18.7 Å². The zero-order valence-corrected chi connectivity index (χ0v) is 19.0. The van der Waals surface area contributed by atoms with Gasteiger partial charge in [0.1, 0.15) is 5.60 Å². The number of hydrogen-bond donors (Lipinski definition) is 4. The first-order valence-electron chi connectivity index (χ1n) is 10.2. The van der Waals surface area contributed by atoms with Crippen LogP contribution in [0.3, 0.4) is 0 Å². The molecule has 0 saturated heterocycles. The highest BCUT2D eigenvalue weighted by Crippen LogP contribution is 2.46. The van der Waals surface area contributed by atoms with E-state index in [0.29, 0.717) is 22.0 Å². The number of carbonyl (C=O) groups excluding carboxylic acids is 1. The van der Waals surface area contributed by atoms with Crippen molar-refractivity contribution in [2.75, 3.05) is 12.4 Å². The molecular formula is C21H28F2N6O2S. The molecule has 1 saturated carbocycles. The quantitative estimate of drug-likeness (QED) is 0.215. The van der Waals surface area contributed by atoms with E-state index in [2.05, 4.69) is 15.4 Å². The molecule has 1 fully saturated rings. The van der Waals surface area contributed by atoms with E-state index in [1.807, 2.05) is 0 Å². The standard InChI is InChI=1S/C21H28F2N6O2S/c1-20(2,31)15-11-32-19(26-15)27-18(30)16(14-8-9-21(22,23)10-14)12-4-6-13(7-5-12)17(24)28-29(3)25/h4-7,11,14,16,31H,8-10,25H2,1-3H3,(H2,24,28)(H,26,27,30). The van der Waals surface area contributed by atoms with E-state index in [1.54, 1.807) is 43.5 Å². The molecule has 8 nitrogen and oxygen atoms in total. The summed E-state index contributed by atoms with van der Waals surface area (Å²) >= 11 is 1.17. The molecule has 0 radical (unpaired) electrons. The Bertz CT molecular complexity index is 985. The number of halogens is 2. The largest absolute Gasteiger partial charge is 0.384 e. The number of aliphatic hydroxyl groups is 1. The van der Waals surface area contributed by atoms with Crippen LogP contribution >= 0.6 is 11.3 Å². The summed E-state index contributed by atoms with van der Waals surface area (Å²) in [6, 6.07) is 6.75. The average molecular weight is 467 g/mol. The number of hydrazone groups is 1. The fraction of sp³-hybridized carbons (Fsp3) is 0.476. The number of amidine groups is 1. The van der Waals surface area contributed by atoms with Gasteiger partial charge in [0.15, 0.2) is 11.0 Å². The van der Waals surface area contributed by atoms with Gasteiger partial charge in [-0.2, -0.15) is 0 Å². The monoisotopic (exact) mass is 466 g/mol. The molecular weight excluding hydrogens is 438 g/mol. The number of amides is 1. The normalized spacial score (nSPS) is 19.6. The molecule has 1 aliphatic carbocycles. The maximum absolute atomic E-state index is 14.0. The summed E-state index contributed by atoms with van der Waals surface area (Å²) in [7, 11) is 1.53. The van der Waals surface area contributed by atoms with Crippen LogP contribution in [-0.4, -0.2) is 39.9 Å². The van der Waals surface area contributed by atoms with Gasteiger partial charge in [0, 0.05) is 30.8 Å². The number of hydrogen-bond acceptors (Lipinski definition) is 7. The van der Waals surface area contributed by atoms with Crippen molar-refractivity contribution in [3.05, 3.63) is 46.5 Å². The number of nitrogens with two attached hydrogens (primary N) is 2. The first-order valence-corrected chi connectivity index (χ1v) is 11.0. The lowest BCUT2D eigenvalue weighted by Gasteiger charge is -2.23. The van der Waals surface area contributed by atoms with Crippen LogP contribution in [0.2, 0.25) is 0 Å². The van der Waals surface area contributed by atoms with Crippen molar-refractivity contribution < 1.29 is 18.7 Å². The molecule has 0 bridgehead atoms. The van der Waals surface area contributed by atoms with E-state index in [0.717, 1.165) is 5.12 Å². The number of rotatable bonds is 7. The van der Waals surface area contributed by atoms with Gasteiger partial charge in [-0.3, -0.25) is 4.79 Å². The molecule has 2 unspecified atom stereocenters. The first kappa shape index (κ1) is 24.0. The Kier molecular flexibility index (Phi) is 6.82. The molecule has 174 valence electrons. The summed E-state index contributed by atoms with van der Waals surface area (Å²) in [4.78, 5) is 17.5. The summed E-state index contributed by atoms with van der Waals surface area (Å²) in [6.45, 7) is 3.19. The third kappa shape index (κ3) is 5.78. The van der Waals surface area contributed by atoms with Gasteiger partial charge in [0.05, 0.1) is 11.6 Å². The van der Waals surface area contributed by atoms with Crippen LogP contribution in [0.5, 0.6) is 0 Å². The molecule has 6 N–H and O–H groups in total. The van der Waals surface area contributed by atoms with Gasteiger partial charge in [-0.15, -0.1) is 16.4 Å². The highest BCUT2D eigenvalue weighted by molar-refractivity contribution is 7.14. The van der Waals surface area contributed by atoms with E-state index in [4.69, 9.17) is 11.6 Å². The van der Waals surface area contributed by atoms with Crippen LogP contribution in [0, 0.1) is 5.92 Å². The Balaban J connectivity index is 1.87. The van der Waals surface area contributed by atoms with Crippen LogP contribution in [0.1, 0.15) is 55.8 Å². The topological polar surface area (TPSA) is 130 Å². The third-order valence-corrected chi connectivity index (χ3v) is 6.15. The van der Waals surface area contributed by atoms with Gasteiger partial charge in [-0.1, -0.05) is 24.3 Å². The second-order valence-electron chi connectivity index (χ2n) is 8.60. The minimum absolute atomic E-state index is 0.192. The van der Waals surface area contributed by atoms with Gasteiger partial charge in [-0.25, -0.2) is 24.7 Å². The lowest BCUT2D eigenvalue weighted by molar-refractivity contribution is -0.118. The first-order chi connectivity index (χ1) is 14.9. The maximum atomic E-state index is 14.0. The Morgan fingerprint density at radius 1 is 1.41 bits per heavy atom. The van der Waals surface area contributed by atoms with Crippen molar-refractivity contribution in [2.45, 2.75) is 50.6 Å². The second kappa shape index (κ2) is 9.08. The van der Waals surface area contributed by atoms with Gasteiger partial charge >= 0.3 is 0 Å². The van der Waals surface area contributed by atoms with Crippen molar-refractivity contribution in [1.82, 2.24) is 10.1 Å². The average Bonchev–Trinajstić information content (AvgIpc) is 3.28. The van der Waals surface area contributed by atoms with Crippen LogP contribution in [0.15, 0.2) is 34.7 Å². The lowest BCUT2D eigenvalue weighted by Crippen LogP contribution is -2.28. The molecule has 1 amide bonds. The molecule has 1 heterocycles. The van der Waals surface area contributed by atoms with E-state index in [1.165, 1.54) is 18.4 Å². The summed E-state index contributed by atoms with van der Waals surface area (Å²) in [6.07, 6.45) is -0.371. The van der Waals surface area contributed by atoms with Crippen molar-refractivity contribution in [2.24, 2.45) is 22.6 Å². The number of aromatic nitrogens is 1. The fourth-order valence-electron chi connectivity index (χ4n) is 3.79. The molecule has 32 heavy (non-hydrogen) atoms. The number of hydrazine groups is 1. The van der Waals surface area contributed by atoms with E-state index >= 15 is 0 Å². The summed E-state index contributed by atoms with van der Waals surface area (Å²) in [5.41, 5.74) is 6.37. The molecule has 2 atom stereocenters. The van der Waals surface area contributed by atoms with Crippen molar-refractivity contribution in [3.8, 4) is 0 Å². The van der Waals surface area contributed by atoms with Gasteiger partial charge in [-0.05, 0) is 31.7 Å². The summed E-state index contributed by atoms with van der Waals surface area (Å²) in [5, 5.41) is 19.8. The zero-order valence-electron chi connectivity index (χ0n) is 18.2. The highest BCUT2D eigenvalue weighted by Gasteiger charge is 2.45. The fourth-order valence-corrected chi connectivity index (χ4v) is 4.67. The van der Waals surface area contributed by atoms with Gasteiger partial charge < -0.3 is 16.2 Å². The van der Waals surface area contributed by atoms with E-state index < -0.39 is 29.3 Å². The SMILES string of the molecule is CN(N)/N=C(\N)c1ccc(C(C(=O)Nc2nc(C(C)(C)O)cs2)C2CCC(F)(F)C2)cc1. The number of benzene rings is 1. The Hall–Kier alpha value is -2.63. The molecule has 11 heteroatoms. The van der Waals surface area contributed by atoms with Gasteiger partial charge in [0.2, 0.25) is 11.8 Å². The van der Waals surface area contributed by atoms with Crippen LogP contribution < -0.4 is 16.9 Å². The smallest absolute Gasteiger partial charge is 0.248 e. The maximum Gasteiger partial charge on any atom is 0.248 e. The number of carbonyl (C=O) groups is 1. The second-order valence-corrected chi connectivity index (χ2v) is 9.46. The number of thiazole rings is 1. The van der Waals surface area contributed by atoms with Crippen molar-refractivity contribution in [1.29, 1.82) is 0 Å². The van der Waals surface area contributed by atoms with Crippen LogP contribution in [0.4, 0.5) is 13.9 Å². The molecule has 2 aromatic rings. The van der Waals surface area contributed by atoms with Crippen LogP contribution in [-0.2, 0) is 10.4 Å². The van der Waals surface area contributed by atoms with E-state index in [-0.39, 0.29) is 25.1 Å². The van der Waals surface area contributed by atoms with Crippen molar-refractivity contribution >= 4 is 28.2 Å². The number of alkyl halides is 2. The lowest BCUT2D eigenvalue weighted by atomic mass is 9.83. The Morgan fingerprint density at radius 2 is 2.06 bits per heavy atom. The number of nitrogens with zero attached hydrogens (tertiary/aromatic N) is 3. The third-order valence-electron chi connectivity index (χ3n) is 5.39. The number of anilines is 1.